The number of anilines is 5. The highest BCUT2D eigenvalue weighted by molar-refractivity contribution is 5.80. The summed E-state index contributed by atoms with van der Waals surface area (Å²) < 4.78 is 44.6. The van der Waals surface area contributed by atoms with E-state index in [1.54, 1.807) is 24.3 Å². The summed E-state index contributed by atoms with van der Waals surface area (Å²) in [7, 11) is 0. The molecule has 4 N–H and O–H groups in total. The minimum absolute atomic E-state index is 0.162. The van der Waals surface area contributed by atoms with Crippen LogP contribution in [0.15, 0.2) is 85.2 Å². The first kappa shape index (κ1) is 21.0. The molecule has 0 saturated heterocycles. The van der Waals surface area contributed by atoms with E-state index in [9.17, 15) is 13.2 Å². The molecule has 0 radical (unpaired) electrons. The van der Waals surface area contributed by atoms with Crippen LogP contribution in [0.1, 0.15) is 5.56 Å². The molecule has 4 aromatic rings. The van der Waals surface area contributed by atoms with Crippen LogP contribution in [0, 0.1) is 0 Å². The van der Waals surface area contributed by atoms with Gasteiger partial charge in [-0.25, -0.2) is 9.97 Å². The fraction of sp³-hybridized carbons (Fsp3) is 0.0435. The third kappa shape index (κ3) is 5.07. The Bertz CT molecular complexity index is 1200. The van der Waals surface area contributed by atoms with Crippen LogP contribution in [0.5, 0.6) is 11.5 Å². The summed E-state index contributed by atoms with van der Waals surface area (Å²) in [5.74, 6) is 1.87. The molecule has 0 spiro atoms. The molecule has 1 heterocycles. The minimum atomic E-state index is -4.45. The lowest BCUT2D eigenvalue weighted by Gasteiger charge is -2.14. The molecule has 0 aliphatic rings. The summed E-state index contributed by atoms with van der Waals surface area (Å²) in [4.78, 5) is 8.16. The molecular formula is C23H18F3N5O. The van der Waals surface area contributed by atoms with Crippen molar-refractivity contribution < 1.29 is 17.9 Å². The van der Waals surface area contributed by atoms with Crippen molar-refractivity contribution in [3.05, 3.63) is 90.8 Å². The maximum Gasteiger partial charge on any atom is 0.416 e. The van der Waals surface area contributed by atoms with Crippen molar-refractivity contribution in [1.29, 1.82) is 0 Å². The molecule has 0 bridgehead atoms. The largest absolute Gasteiger partial charge is 0.457 e. The van der Waals surface area contributed by atoms with Crippen molar-refractivity contribution in [2.75, 3.05) is 16.4 Å². The van der Waals surface area contributed by atoms with Gasteiger partial charge in [0.25, 0.3) is 0 Å². The van der Waals surface area contributed by atoms with E-state index in [4.69, 9.17) is 10.5 Å². The number of rotatable bonds is 6. The zero-order valence-electron chi connectivity index (χ0n) is 16.6. The highest BCUT2D eigenvalue weighted by atomic mass is 19.4. The normalized spacial score (nSPS) is 11.1. The maximum atomic E-state index is 12.9. The number of nitrogens with one attached hydrogen (secondary N) is 2. The van der Waals surface area contributed by atoms with E-state index in [0.717, 1.165) is 17.9 Å². The number of nitrogens with zero attached hydrogens (tertiary/aromatic N) is 2. The molecule has 1 aromatic heterocycles. The molecule has 6 nitrogen and oxygen atoms in total. The van der Waals surface area contributed by atoms with E-state index in [2.05, 4.69) is 20.6 Å². The highest BCUT2D eigenvalue weighted by Gasteiger charge is 2.30. The van der Waals surface area contributed by atoms with Crippen molar-refractivity contribution in [3.8, 4) is 11.5 Å². The summed E-state index contributed by atoms with van der Waals surface area (Å²) in [6, 6.07) is 21.3. The summed E-state index contributed by atoms with van der Waals surface area (Å²) in [5, 5.41) is 5.88. The van der Waals surface area contributed by atoms with Crippen LogP contribution in [0.25, 0.3) is 0 Å². The first-order valence-electron chi connectivity index (χ1n) is 9.53. The molecule has 32 heavy (non-hydrogen) atoms. The van der Waals surface area contributed by atoms with Gasteiger partial charge in [-0.2, -0.15) is 13.2 Å². The van der Waals surface area contributed by atoms with E-state index < -0.39 is 11.7 Å². The lowest BCUT2D eigenvalue weighted by molar-refractivity contribution is -0.137. The average Bonchev–Trinajstić information content (AvgIpc) is 2.78. The van der Waals surface area contributed by atoms with E-state index in [-0.39, 0.29) is 17.2 Å². The van der Waals surface area contributed by atoms with Gasteiger partial charge in [0.15, 0.2) is 11.6 Å². The molecule has 0 fully saturated rings. The number of nitrogens with two attached hydrogens (primary N) is 1. The molecule has 0 saturated carbocycles. The van der Waals surface area contributed by atoms with E-state index >= 15 is 0 Å². The maximum absolute atomic E-state index is 12.9. The van der Waals surface area contributed by atoms with Gasteiger partial charge in [-0.1, -0.05) is 24.3 Å². The molecule has 0 aliphatic heterocycles. The van der Waals surface area contributed by atoms with E-state index in [0.29, 0.717) is 17.3 Å². The summed E-state index contributed by atoms with van der Waals surface area (Å²) in [6.07, 6.45) is -3.18. The second kappa shape index (κ2) is 8.84. The van der Waals surface area contributed by atoms with E-state index in [1.807, 2.05) is 30.3 Å². The quantitative estimate of drug-likeness (QED) is 0.326. The van der Waals surface area contributed by atoms with Crippen LogP contribution in [0.2, 0.25) is 0 Å². The first-order valence-corrected chi connectivity index (χ1v) is 9.53. The van der Waals surface area contributed by atoms with Gasteiger partial charge in [-0.15, -0.1) is 0 Å². The van der Waals surface area contributed by atoms with Crippen LogP contribution in [0.4, 0.5) is 41.9 Å². The van der Waals surface area contributed by atoms with Crippen LogP contribution in [0.3, 0.4) is 0 Å². The first-order chi connectivity index (χ1) is 15.4. The zero-order chi connectivity index (χ0) is 22.6. The summed E-state index contributed by atoms with van der Waals surface area (Å²) in [6.45, 7) is 0. The van der Waals surface area contributed by atoms with Gasteiger partial charge in [-0.3, -0.25) is 0 Å². The van der Waals surface area contributed by atoms with Gasteiger partial charge in [0.05, 0.1) is 5.56 Å². The van der Waals surface area contributed by atoms with Gasteiger partial charge in [0.2, 0.25) is 0 Å². The number of nitrogen functional groups attached to an aromatic ring is 1. The molecule has 3 aromatic carbocycles. The van der Waals surface area contributed by atoms with Gasteiger partial charge >= 0.3 is 6.18 Å². The number of benzene rings is 3. The Balaban J connectivity index is 1.48. The number of alkyl halides is 3. The predicted molar refractivity (Wildman–Crippen MR) is 117 cm³/mol. The Labute approximate surface area is 181 Å². The summed E-state index contributed by atoms with van der Waals surface area (Å²) >= 11 is 0. The highest BCUT2D eigenvalue weighted by Crippen LogP contribution is 2.33. The van der Waals surface area contributed by atoms with Crippen molar-refractivity contribution in [1.82, 2.24) is 9.97 Å². The Morgan fingerprint density at radius 1 is 0.719 bits per heavy atom. The number of halogens is 3. The Kier molecular flexibility index (Phi) is 5.80. The SMILES string of the molecule is Nc1c(Nc2ccc(Oc3ccccc3)cc2)ncnc1Nc1cccc(C(F)(F)F)c1. The predicted octanol–water partition coefficient (Wildman–Crippen LogP) is 6.36. The smallest absolute Gasteiger partial charge is 0.416 e. The lowest BCUT2D eigenvalue weighted by Crippen LogP contribution is -2.07. The molecule has 0 atom stereocenters. The van der Waals surface area contributed by atoms with Crippen molar-refractivity contribution in [2.45, 2.75) is 6.18 Å². The Hall–Kier alpha value is -4.27. The minimum Gasteiger partial charge on any atom is -0.457 e. The molecule has 4 rings (SSSR count). The third-order valence-corrected chi connectivity index (χ3v) is 4.43. The van der Waals surface area contributed by atoms with Gasteiger partial charge in [0.1, 0.15) is 23.5 Å². The standard InChI is InChI=1S/C23H18F3N5O/c24-23(25,26)15-5-4-6-17(13-15)31-22-20(27)21(28-14-29-22)30-16-9-11-19(12-10-16)32-18-7-2-1-3-8-18/h1-14H,27H2,(H2,28,29,30,31). The van der Waals surface area contributed by atoms with Crippen LogP contribution < -0.4 is 21.1 Å². The molecular weight excluding hydrogens is 419 g/mol. The summed E-state index contributed by atoms with van der Waals surface area (Å²) in [5.41, 5.74) is 6.43. The van der Waals surface area contributed by atoms with Crippen LogP contribution >= 0.6 is 0 Å². The number of aromatic nitrogens is 2. The fourth-order valence-electron chi connectivity index (χ4n) is 2.87. The fourth-order valence-corrected chi connectivity index (χ4v) is 2.87. The second-order valence-corrected chi connectivity index (χ2v) is 6.75. The lowest BCUT2D eigenvalue weighted by atomic mass is 10.2. The van der Waals surface area contributed by atoms with Crippen molar-refractivity contribution in [3.63, 3.8) is 0 Å². The van der Waals surface area contributed by atoms with Crippen molar-refractivity contribution >= 4 is 28.7 Å². The van der Waals surface area contributed by atoms with Gasteiger partial charge in [-0.05, 0) is 54.6 Å². The Morgan fingerprint density at radius 3 is 2.00 bits per heavy atom. The monoisotopic (exact) mass is 437 g/mol. The zero-order valence-corrected chi connectivity index (χ0v) is 16.6. The van der Waals surface area contributed by atoms with Gasteiger partial charge < -0.3 is 21.1 Å². The number of hydrogen-bond acceptors (Lipinski definition) is 6. The number of para-hydroxylation sites is 1. The average molecular weight is 437 g/mol. The molecule has 0 unspecified atom stereocenters. The van der Waals surface area contributed by atoms with Crippen LogP contribution in [-0.4, -0.2) is 9.97 Å². The number of hydrogen-bond donors (Lipinski definition) is 3. The Morgan fingerprint density at radius 2 is 1.34 bits per heavy atom. The third-order valence-electron chi connectivity index (χ3n) is 4.43. The molecule has 9 heteroatoms. The second-order valence-electron chi connectivity index (χ2n) is 6.75. The van der Waals surface area contributed by atoms with Gasteiger partial charge in [0, 0.05) is 11.4 Å². The molecule has 0 aliphatic carbocycles. The number of ether oxygens (including phenoxy) is 1. The van der Waals surface area contributed by atoms with Crippen LogP contribution in [-0.2, 0) is 6.18 Å². The topological polar surface area (TPSA) is 85.1 Å². The molecule has 162 valence electrons. The molecule has 0 amide bonds. The van der Waals surface area contributed by atoms with E-state index in [1.165, 1.54) is 18.5 Å². The van der Waals surface area contributed by atoms with Crippen molar-refractivity contribution in [2.24, 2.45) is 0 Å².